The number of benzene rings is 1. The zero-order valence-corrected chi connectivity index (χ0v) is 11.1. The molecule has 2 nitrogen and oxygen atoms in total. The highest BCUT2D eigenvalue weighted by Gasteiger charge is 2.36. The zero-order valence-electron chi connectivity index (χ0n) is 11.1. The van der Waals surface area contributed by atoms with Gasteiger partial charge in [-0.25, -0.2) is 4.39 Å². The summed E-state index contributed by atoms with van der Waals surface area (Å²) in [5, 5.41) is 3.63. The van der Waals surface area contributed by atoms with Crippen molar-refractivity contribution < 1.29 is 4.39 Å². The normalized spacial score (nSPS) is 28.5. The second kappa shape index (κ2) is 4.54. The van der Waals surface area contributed by atoms with Gasteiger partial charge in [0, 0.05) is 36.4 Å². The second-order valence-corrected chi connectivity index (χ2v) is 5.74. The summed E-state index contributed by atoms with van der Waals surface area (Å²) in [5.41, 5.74) is 1.84. The van der Waals surface area contributed by atoms with E-state index in [1.807, 2.05) is 19.1 Å². The SMILES string of the molecule is Cc1c(F)cccc1N1CC(C2CC2)NCC1C. The molecule has 1 N–H and O–H groups in total. The van der Waals surface area contributed by atoms with Crippen LogP contribution in [0, 0.1) is 18.7 Å². The van der Waals surface area contributed by atoms with Crippen LogP contribution in [0.15, 0.2) is 18.2 Å². The maximum Gasteiger partial charge on any atom is 0.128 e. The molecule has 2 atom stereocenters. The highest BCUT2D eigenvalue weighted by atomic mass is 19.1. The fraction of sp³-hybridized carbons (Fsp3) is 0.600. The van der Waals surface area contributed by atoms with Gasteiger partial charge < -0.3 is 10.2 Å². The highest BCUT2D eigenvalue weighted by molar-refractivity contribution is 5.55. The van der Waals surface area contributed by atoms with Gasteiger partial charge in [-0.2, -0.15) is 0 Å². The Kier molecular flexibility index (Phi) is 3.02. The second-order valence-electron chi connectivity index (χ2n) is 5.74. The van der Waals surface area contributed by atoms with Crippen LogP contribution in [0.25, 0.3) is 0 Å². The van der Waals surface area contributed by atoms with Crippen LogP contribution in [-0.2, 0) is 0 Å². The van der Waals surface area contributed by atoms with Crippen molar-refractivity contribution in [3.8, 4) is 0 Å². The van der Waals surface area contributed by atoms with Gasteiger partial charge in [0.1, 0.15) is 5.82 Å². The maximum absolute atomic E-state index is 13.7. The molecule has 3 rings (SSSR count). The number of piperazine rings is 1. The number of nitrogens with one attached hydrogen (secondary N) is 1. The Morgan fingerprint density at radius 3 is 2.83 bits per heavy atom. The average molecular weight is 248 g/mol. The first-order chi connectivity index (χ1) is 8.66. The summed E-state index contributed by atoms with van der Waals surface area (Å²) >= 11 is 0. The van der Waals surface area contributed by atoms with E-state index in [0.29, 0.717) is 12.1 Å². The van der Waals surface area contributed by atoms with Crippen LogP contribution >= 0.6 is 0 Å². The molecule has 1 heterocycles. The Hall–Kier alpha value is -1.09. The van der Waals surface area contributed by atoms with E-state index in [0.717, 1.165) is 30.3 Å². The molecule has 0 spiro atoms. The van der Waals surface area contributed by atoms with Crippen molar-refractivity contribution in [3.05, 3.63) is 29.6 Å². The van der Waals surface area contributed by atoms with Crippen LogP contribution in [-0.4, -0.2) is 25.2 Å². The number of hydrogen-bond donors (Lipinski definition) is 1. The molecular formula is C15H21FN2. The van der Waals surface area contributed by atoms with Crippen LogP contribution in [0.5, 0.6) is 0 Å². The van der Waals surface area contributed by atoms with Crippen molar-refractivity contribution >= 4 is 5.69 Å². The summed E-state index contributed by atoms with van der Waals surface area (Å²) in [6.07, 6.45) is 2.70. The quantitative estimate of drug-likeness (QED) is 0.865. The van der Waals surface area contributed by atoms with Crippen molar-refractivity contribution in [1.29, 1.82) is 0 Å². The fourth-order valence-corrected chi connectivity index (χ4v) is 2.95. The molecule has 1 aliphatic heterocycles. The van der Waals surface area contributed by atoms with Crippen LogP contribution < -0.4 is 10.2 Å². The Balaban J connectivity index is 1.86. The summed E-state index contributed by atoms with van der Waals surface area (Å²) in [6.45, 7) is 6.10. The molecule has 1 saturated carbocycles. The van der Waals surface area contributed by atoms with Crippen molar-refractivity contribution in [2.24, 2.45) is 5.92 Å². The van der Waals surface area contributed by atoms with E-state index in [4.69, 9.17) is 0 Å². The van der Waals surface area contributed by atoms with Crippen molar-refractivity contribution in [1.82, 2.24) is 5.32 Å². The topological polar surface area (TPSA) is 15.3 Å². The van der Waals surface area contributed by atoms with E-state index >= 15 is 0 Å². The summed E-state index contributed by atoms with van der Waals surface area (Å²) in [4.78, 5) is 2.37. The van der Waals surface area contributed by atoms with Gasteiger partial charge in [0.25, 0.3) is 0 Å². The van der Waals surface area contributed by atoms with Crippen LogP contribution in [0.2, 0.25) is 0 Å². The van der Waals surface area contributed by atoms with Gasteiger partial charge in [-0.15, -0.1) is 0 Å². The standard InChI is InChI=1S/C15H21FN2/c1-10-8-17-14(12-6-7-12)9-18(10)15-5-3-4-13(16)11(15)2/h3-5,10,12,14,17H,6-9H2,1-2H3. The van der Waals surface area contributed by atoms with Gasteiger partial charge in [0.2, 0.25) is 0 Å². The lowest BCUT2D eigenvalue weighted by molar-refractivity contribution is 0.375. The predicted octanol–water partition coefficient (Wildman–Crippen LogP) is 2.71. The molecule has 2 aliphatic rings. The first-order valence-corrected chi connectivity index (χ1v) is 6.92. The molecule has 98 valence electrons. The van der Waals surface area contributed by atoms with Gasteiger partial charge in [0.05, 0.1) is 0 Å². The third-order valence-corrected chi connectivity index (χ3v) is 4.34. The van der Waals surface area contributed by atoms with E-state index in [2.05, 4.69) is 17.1 Å². The summed E-state index contributed by atoms with van der Waals surface area (Å²) in [6, 6.07) is 6.43. The Morgan fingerprint density at radius 1 is 1.33 bits per heavy atom. The highest BCUT2D eigenvalue weighted by Crippen LogP contribution is 2.35. The van der Waals surface area contributed by atoms with Crippen molar-refractivity contribution in [2.75, 3.05) is 18.0 Å². The molecule has 2 unspecified atom stereocenters. The number of rotatable bonds is 2. The number of nitrogens with zero attached hydrogens (tertiary/aromatic N) is 1. The van der Waals surface area contributed by atoms with E-state index in [1.54, 1.807) is 6.07 Å². The van der Waals surface area contributed by atoms with Crippen LogP contribution in [0.1, 0.15) is 25.3 Å². The fourth-order valence-electron chi connectivity index (χ4n) is 2.95. The van der Waals surface area contributed by atoms with Crippen LogP contribution in [0.3, 0.4) is 0 Å². The van der Waals surface area contributed by atoms with Gasteiger partial charge in [-0.3, -0.25) is 0 Å². The first-order valence-electron chi connectivity index (χ1n) is 6.92. The third kappa shape index (κ3) is 2.12. The maximum atomic E-state index is 13.7. The lowest BCUT2D eigenvalue weighted by atomic mass is 10.0. The minimum absolute atomic E-state index is 0.0961. The molecule has 1 aliphatic carbocycles. The van der Waals surface area contributed by atoms with Crippen molar-refractivity contribution in [2.45, 2.75) is 38.8 Å². The number of halogens is 1. The summed E-state index contributed by atoms with van der Waals surface area (Å²) < 4.78 is 13.7. The van der Waals surface area contributed by atoms with Gasteiger partial charge in [-0.1, -0.05) is 6.07 Å². The Bertz CT molecular complexity index is 442. The number of anilines is 1. The smallest absolute Gasteiger partial charge is 0.128 e. The van der Waals surface area contributed by atoms with Crippen molar-refractivity contribution in [3.63, 3.8) is 0 Å². The molecule has 0 bridgehead atoms. The molecule has 0 amide bonds. The number of hydrogen-bond acceptors (Lipinski definition) is 2. The molecule has 3 heteroatoms. The minimum Gasteiger partial charge on any atom is -0.366 e. The zero-order chi connectivity index (χ0) is 12.7. The van der Waals surface area contributed by atoms with E-state index in [1.165, 1.54) is 12.8 Å². The minimum atomic E-state index is -0.0961. The lowest BCUT2D eigenvalue weighted by Crippen LogP contribution is -2.56. The Labute approximate surface area is 108 Å². The molecule has 1 aromatic carbocycles. The molecule has 1 saturated heterocycles. The molecule has 0 radical (unpaired) electrons. The molecule has 18 heavy (non-hydrogen) atoms. The van der Waals surface area contributed by atoms with Gasteiger partial charge in [-0.05, 0) is 44.7 Å². The average Bonchev–Trinajstić information content (AvgIpc) is 3.18. The summed E-state index contributed by atoms with van der Waals surface area (Å²) in [7, 11) is 0. The van der Waals surface area contributed by atoms with E-state index < -0.39 is 0 Å². The molecule has 0 aromatic heterocycles. The summed E-state index contributed by atoms with van der Waals surface area (Å²) in [5.74, 6) is 0.745. The molecule has 1 aromatic rings. The Morgan fingerprint density at radius 2 is 2.11 bits per heavy atom. The monoisotopic (exact) mass is 248 g/mol. The van der Waals surface area contributed by atoms with E-state index in [-0.39, 0.29) is 5.82 Å². The molecule has 2 fully saturated rings. The predicted molar refractivity (Wildman–Crippen MR) is 72.5 cm³/mol. The van der Waals surface area contributed by atoms with Crippen LogP contribution in [0.4, 0.5) is 10.1 Å². The van der Waals surface area contributed by atoms with Gasteiger partial charge in [0.15, 0.2) is 0 Å². The first kappa shape index (κ1) is 12.0. The van der Waals surface area contributed by atoms with Gasteiger partial charge >= 0.3 is 0 Å². The van der Waals surface area contributed by atoms with E-state index in [9.17, 15) is 4.39 Å². The molecular weight excluding hydrogens is 227 g/mol. The largest absolute Gasteiger partial charge is 0.366 e. The lowest BCUT2D eigenvalue weighted by Gasteiger charge is -2.41. The third-order valence-electron chi connectivity index (χ3n) is 4.34.